The smallest absolute Gasteiger partial charge is 0.184 e. The van der Waals surface area contributed by atoms with Crippen LogP contribution in [-0.4, -0.2) is 53.3 Å². The van der Waals surface area contributed by atoms with Crippen LogP contribution in [0, 0.1) is 0 Å². The molecule has 1 aromatic rings. The van der Waals surface area contributed by atoms with E-state index < -0.39 is 9.84 Å². The van der Waals surface area contributed by atoms with Gasteiger partial charge in [0, 0.05) is 26.1 Å². The Kier molecular flexibility index (Phi) is 3.25. The third-order valence-corrected chi connectivity index (χ3v) is 4.47. The molecule has 0 amide bonds. The Bertz CT molecular complexity index is 522. The van der Waals surface area contributed by atoms with E-state index >= 15 is 0 Å². The highest BCUT2D eigenvalue weighted by atomic mass is 32.2. The Balaban J connectivity index is 2.02. The minimum absolute atomic E-state index is 0.0179. The Hall–Kier alpha value is -1.28. The number of sulfone groups is 1. The van der Waals surface area contributed by atoms with Crippen LogP contribution in [-0.2, 0) is 16.9 Å². The van der Waals surface area contributed by atoms with Gasteiger partial charge in [0.1, 0.15) is 5.69 Å². The minimum atomic E-state index is -3.01. The lowest BCUT2D eigenvalue weighted by Crippen LogP contribution is -2.46. The van der Waals surface area contributed by atoms with E-state index in [1.165, 1.54) is 10.9 Å². The van der Waals surface area contributed by atoms with Gasteiger partial charge in [-0.05, 0) is 0 Å². The maximum Gasteiger partial charge on any atom is 0.184 e. The summed E-state index contributed by atoms with van der Waals surface area (Å²) in [6.07, 6.45) is 1.54. The van der Waals surface area contributed by atoms with Crippen LogP contribution in [0.3, 0.4) is 0 Å². The van der Waals surface area contributed by atoms with Crippen LogP contribution in [0.4, 0.5) is 0 Å². The fourth-order valence-corrected chi connectivity index (χ4v) is 3.31. The molecule has 0 bridgehead atoms. The lowest BCUT2D eigenvalue weighted by molar-refractivity contribution is 0.0962. The molecule has 1 fully saturated rings. The van der Waals surface area contributed by atoms with E-state index in [9.17, 15) is 13.2 Å². The maximum absolute atomic E-state index is 11.9. The third kappa shape index (κ3) is 2.89. The average Bonchev–Trinajstić information content (AvgIpc) is 2.62. The van der Waals surface area contributed by atoms with Gasteiger partial charge in [0.25, 0.3) is 0 Å². The van der Waals surface area contributed by atoms with Gasteiger partial charge in [0.05, 0.1) is 17.7 Å². The number of rotatable bonds is 3. The molecule has 1 aliphatic heterocycles. The Morgan fingerprint density at radius 3 is 3.00 bits per heavy atom. The van der Waals surface area contributed by atoms with Gasteiger partial charge in [-0.1, -0.05) is 5.21 Å². The average molecular weight is 258 g/mol. The van der Waals surface area contributed by atoms with Gasteiger partial charge < -0.3 is 5.32 Å². The molecule has 1 saturated heterocycles. The van der Waals surface area contributed by atoms with Crippen LogP contribution < -0.4 is 5.32 Å². The summed E-state index contributed by atoms with van der Waals surface area (Å²) in [5.41, 5.74) is 0.398. The predicted octanol–water partition coefficient (Wildman–Crippen LogP) is -1.23. The molecule has 94 valence electrons. The van der Waals surface area contributed by atoms with Gasteiger partial charge >= 0.3 is 0 Å². The molecule has 8 heteroatoms. The lowest BCUT2D eigenvalue weighted by atomic mass is 10.1. The summed E-state index contributed by atoms with van der Waals surface area (Å²) in [4.78, 5) is 11.9. The van der Waals surface area contributed by atoms with E-state index in [-0.39, 0.29) is 29.8 Å². The number of carbonyl (C=O) groups excluding carboxylic acids is 1. The first-order valence-corrected chi connectivity index (χ1v) is 7.12. The first-order chi connectivity index (χ1) is 7.98. The summed E-state index contributed by atoms with van der Waals surface area (Å²) in [6, 6.07) is -0.309. The number of hydrogen-bond acceptors (Lipinski definition) is 6. The highest BCUT2D eigenvalue weighted by Crippen LogP contribution is 2.09. The first-order valence-electron chi connectivity index (χ1n) is 5.29. The SMILES string of the molecule is Cn1nncc1C(=O)CC1CS(=O)(=O)CCN1. The van der Waals surface area contributed by atoms with Crippen LogP contribution in [0.1, 0.15) is 16.9 Å². The van der Waals surface area contributed by atoms with E-state index in [1.54, 1.807) is 7.05 Å². The number of aromatic nitrogens is 3. The number of nitrogens with one attached hydrogen (secondary N) is 1. The van der Waals surface area contributed by atoms with Crippen molar-refractivity contribution in [1.29, 1.82) is 0 Å². The van der Waals surface area contributed by atoms with Crippen LogP contribution in [0.25, 0.3) is 0 Å². The largest absolute Gasteiger partial charge is 0.312 e. The number of nitrogens with zero attached hydrogens (tertiary/aromatic N) is 3. The number of Topliss-reactive ketones (excluding diaryl/α,β-unsaturated/α-hetero) is 1. The normalized spacial score (nSPS) is 23.5. The van der Waals surface area contributed by atoms with Gasteiger partial charge in [-0.25, -0.2) is 13.1 Å². The number of carbonyl (C=O) groups is 1. The van der Waals surface area contributed by atoms with Crippen molar-refractivity contribution in [3.63, 3.8) is 0 Å². The van der Waals surface area contributed by atoms with E-state index in [4.69, 9.17) is 0 Å². The van der Waals surface area contributed by atoms with Crippen molar-refractivity contribution < 1.29 is 13.2 Å². The third-order valence-electron chi connectivity index (χ3n) is 2.73. The highest BCUT2D eigenvalue weighted by molar-refractivity contribution is 7.91. The summed E-state index contributed by atoms with van der Waals surface area (Å²) in [5.74, 6) is 0.0155. The lowest BCUT2D eigenvalue weighted by Gasteiger charge is -2.22. The molecule has 1 atom stereocenters. The van der Waals surface area contributed by atoms with E-state index in [1.807, 2.05) is 0 Å². The molecule has 17 heavy (non-hydrogen) atoms. The van der Waals surface area contributed by atoms with E-state index in [0.29, 0.717) is 12.2 Å². The van der Waals surface area contributed by atoms with Crippen LogP contribution in [0.5, 0.6) is 0 Å². The van der Waals surface area contributed by atoms with Crippen molar-refractivity contribution in [1.82, 2.24) is 20.3 Å². The molecule has 0 spiro atoms. The number of aryl methyl sites for hydroxylation is 1. The van der Waals surface area contributed by atoms with Gasteiger partial charge in [-0.3, -0.25) is 4.79 Å². The highest BCUT2D eigenvalue weighted by Gasteiger charge is 2.27. The standard InChI is InChI=1S/C9H14N4O3S/c1-13-8(5-11-12-13)9(14)4-7-6-17(15,16)3-2-10-7/h5,7,10H,2-4,6H2,1H3. The van der Waals surface area contributed by atoms with Crippen molar-refractivity contribution in [2.75, 3.05) is 18.1 Å². The molecule has 1 aliphatic rings. The fourth-order valence-electron chi connectivity index (χ4n) is 1.87. The van der Waals surface area contributed by atoms with Crippen molar-refractivity contribution >= 4 is 15.6 Å². The van der Waals surface area contributed by atoms with Gasteiger partial charge in [0.15, 0.2) is 15.6 Å². The molecule has 0 saturated carbocycles. The van der Waals surface area contributed by atoms with E-state index in [0.717, 1.165) is 0 Å². The van der Waals surface area contributed by atoms with Gasteiger partial charge in [-0.15, -0.1) is 5.10 Å². The summed E-state index contributed by atoms with van der Waals surface area (Å²) in [7, 11) is -1.38. The van der Waals surface area contributed by atoms with Crippen molar-refractivity contribution in [3.05, 3.63) is 11.9 Å². The topological polar surface area (TPSA) is 93.9 Å². The van der Waals surface area contributed by atoms with Gasteiger partial charge in [-0.2, -0.15) is 0 Å². The van der Waals surface area contributed by atoms with Crippen molar-refractivity contribution in [2.24, 2.45) is 7.05 Å². The molecule has 7 nitrogen and oxygen atoms in total. The maximum atomic E-state index is 11.9. The van der Waals surface area contributed by atoms with E-state index in [2.05, 4.69) is 15.6 Å². The predicted molar refractivity (Wildman–Crippen MR) is 60.4 cm³/mol. The van der Waals surface area contributed by atoms with Crippen LogP contribution >= 0.6 is 0 Å². The molecule has 0 aliphatic carbocycles. The zero-order valence-corrected chi connectivity index (χ0v) is 10.3. The number of hydrogen-bond donors (Lipinski definition) is 1. The second kappa shape index (κ2) is 4.53. The summed E-state index contributed by atoms with van der Waals surface area (Å²) in [6.45, 7) is 0.407. The number of ketones is 1. The molecule has 0 radical (unpaired) electrons. The Labute approximate surface area is 99.1 Å². The Morgan fingerprint density at radius 2 is 2.41 bits per heavy atom. The second-order valence-electron chi connectivity index (χ2n) is 4.14. The second-order valence-corrected chi connectivity index (χ2v) is 6.36. The molecule has 1 N–H and O–H groups in total. The molecule has 1 aromatic heterocycles. The summed E-state index contributed by atoms with van der Waals surface area (Å²) in [5, 5.41) is 10.3. The summed E-state index contributed by atoms with van der Waals surface area (Å²) >= 11 is 0. The first kappa shape index (κ1) is 12.2. The Morgan fingerprint density at radius 1 is 1.65 bits per heavy atom. The zero-order chi connectivity index (χ0) is 12.5. The molecular formula is C9H14N4O3S. The molecule has 0 aromatic carbocycles. The zero-order valence-electron chi connectivity index (χ0n) is 9.46. The molecule has 1 unspecified atom stereocenters. The van der Waals surface area contributed by atoms with Gasteiger partial charge in [0.2, 0.25) is 0 Å². The fraction of sp³-hybridized carbons (Fsp3) is 0.667. The molecule has 2 heterocycles. The van der Waals surface area contributed by atoms with Crippen molar-refractivity contribution in [2.45, 2.75) is 12.5 Å². The van der Waals surface area contributed by atoms with Crippen LogP contribution in [0.15, 0.2) is 6.20 Å². The van der Waals surface area contributed by atoms with Crippen LogP contribution in [0.2, 0.25) is 0 Å². The monoisotopic (exact) mass is 258 g/mol. The molecular weight excluding hydrogens is 244 g/mol. The summed E-state index contributed by atoms with van der Waals surface area (Å²) < 4.78 is 24.2. The molecule has 2 rings (SSSR count). The van der Waals surface area contributed by atoms with Crippen molar-refractivity contribution in [3.8, 4) is 0 Å². The minimum Gasteiger partial charge on any atom is -0.312 e. The quantitative estimate of drug-likeness (QED) is 0.683.